The van der Waals surface area contributed by atoms with Crippen LogP contribution in [0.15, 0.2) is 24.3 Å². The van der Waals surface area contributed by atoms with E-state index in [1.54, 1.807) is 11.1 Å². The molecule has 13 heavy (non-hydrogen) atoms. The maximum absolute atomic E-state index is 2.42. The molecule has 0 radical (unpaired) electrons. The van der Waals surface area contributed by atoms with Crippen LogP contribution in [0, 0.1) is 11.8 Å². The van der Waals surface area contributed by atoms with Crippen LogP contribution in [0.4, 0.5) is 0 Å². The zero-order valence-electron chi connectivity index (χ0n) is 8.16. The number of hydrogen-bond donors (Lipinski definition) is 0. The third kappa shape index (κ3) is 0.979. The normalized spacial score (nSPS) is 35.9. The van der Waals surface area contributed by atoms with E-state index in [4.69, 9.17) is 0 Å². The van der Waals surface area contributed by atoms with Crippen LogP contribution in [0.5, 0.6) is 0 Å². The summed E-state index contributed by atoms with van der Waals surface area (Å²) in [5.74, 6) is 2.80. The Labute approximate surface area is 80.0 Å². The monoisotopic (exact) mass is 172 g/mol. The zero-order chi connectivity index (χ0) is 8.84. The third-order valence-electron chi connectivity index (χ3n) is 4.01. The van der Waals surface area contributed by atoms with E-state index in [1.807, 2.05) is 0 Å². The molecule has 0 saturated heterocycles. The highest BCUT2D eigenvalue weighted by molar-refractivity contribution is 5.37. The molecule has 0 amide bonds. The summed E-state index contributed by atoms with van der Waals surface area (Å²) in [5, 5.41) is 0. The Morgan fingerprint density at radius 1 is 1.15 bits per heavy atom. The van der Waals surface area contributed by atoms with E-state index in [-0.39, 0.29) is 0 Å². The Bertz CT molecular complexity index is 327. The molecule has 1 fully saturated rings. The molecular formula is C13H16. The third-order valence-corrected chi connectivity index (χ3v) is 4.01. The van der Waals surface area contributed by atoms with Gasteiger partial charge >= 0.3 is 0 Å². The Morgan fingerprint density at radius 2 is 2.00 bits per heavy atom. The molecular weight excluding hydrogens is 156 g/mol. The van der Waals surface area contributed by atoms with E-state index < -0.39 is 0 Å². The molecule has 0 bridgehead atoms. The van der Waals surface area contributed by atoms with Crippen molar-refractivity contribution in [2.24, 2.45) is 11.8 Å². The molecule has 0 heterocycles. The SMILES string of the molecule is CC1CCC2Cc3ccccc3C12. The van der Waals surface area contributed by atoms with Gasteiger partial charge in [-0.1, -0.05) is 31.2 Å². The molecule has 1 aromatic rings. The average Bonchev–Trinajstić information content (AvgIpc) is 2.66. The molecule has 0 nitrogen and oxygen atoms in total. The van der Waals surface area contributed by atoms with E-state index in [9.17, 15) is 0 Å². The summed E-state index contributed by atoms with van der Waals surface area (Å²) in [5.41, 5.74) is 3.29. The summed E-state index contributed by atoms with van der Waals surface area (Å²) in [7, 11) is 0. The van der Waals surface area contributed by atoms with Crippen LogP contribution in [0.3, 0.4) is 0 Å². The van der Waals surface area contributed by atoms with Crippen molar-refractivity contribution in [1.82, 2.24) is 0 Å². The molecule has 3 rings (SSSR count). The maximum atomic E-state index is 2.42. The van der Waals surface area contributed by atoms with Gasteiger partial charge in [0, 0.05) is 0 Å². The number of rotatable bonds is 0. The Balaban J connectivity index is 2.08. The van der Waals surface area contributed by atoms with Crippen LogP contribution < -0.4 is 0 Å². The second kappa shape index (κ2) is 2.60. The van der Waals surface area contributed by atoms with E-state index in [2.05, 4.69) is 31.2 Å². The van der Waals surface area contributed by atoms with Crippen molar-refractivity contribution in [1.29, 1.82) is 0 Å². The average molecular weight is 172 g/mol. The number of hydrogen-bond acceptors (Lipinski definition) is 0. The second-order valence-corrected chi connectivity index (χ2v) is 4.74. The Kier molecular flexibility index (Phi) is 1.52. The largest absolute Gasteiger partial charge is 0.0620 e. The highest BCUT2D eigenvalue weighted by Gasteiger charge is 2.39. The number of fused-ring (bicyclic) bond motifs is 3. The molecule has 0 aromatic heterocycles. The highest BCUT2D eigenvalue weighted by atomic mass is 14.4. The minimum Gasteiger partial charge on any atom is -0.0620 e. The van der Waals surface area contributed by atoms with Crippen molar-refractivity contribution in [3.05, 3.63) is 35.4 Å². The minimum atomic E-state index is 0.899. The van der Waals surface area contributed by atoms with Gasteiger partial charge in [0.25, 0.3) is 0 Å². The van der Waals surface area contributed by atoms with Gasteiger partial charge in [-0.2, -0.15) is 0 Å². The molecule has 3 unspecified atom stereocenters. The fraction of sp³-hybridized carbons (Fsp3) is 0.538. The first-order valence-electron chi connectivity index (χ1n) is 5.44. The lowest BCUT2D eigenvalue weighted by atomic mass is 9.90. The van der Waals surface area contributed by atoms with Crippen LogP contribution in [-0.2, 0) is 6.42 Å². The summed E-state index contributed by atoms with van der Waals surface area (Å²) < 4.78 is 0. The fourth-order valence-electron chi connectivity index (χ4n) is 3.42. The van der Waals surface area contributed by atoms with Gasteiger partial charge in [0.05, 0.1) is 0 Å². The second-order valence-electron chi connectivity index (χ2n) is 4.74. The maximum Gasteiger partial charge on any atom is -0.0102 e. The quantitative estimate of drug-likeness (QED) is 0.563. The summed E-state index contributed by atoms with van der Waals surface area (Å²) in [6.07, 6.45) is 4.26. The lowest BCUT2D eigenvalue weighted by Crippen LogP contribution is -2.04. The predicted octanol–water partition coefficient (Wildman–Crippen LogP) is 3.37. The molecule has 0 aliphatic heterocycles. The van der Waals surface area contributed by atoms with Crippen molar-refractivity contribution in [3.8, 4) is 0 Å². The summed E-state index contributed by atoms with van der Waals surface area (Å²) >= 11 is 0. The summed E-state index contributed by atoms with van der Waals surface area (Å²) in [6.45, 7) is 2.42. The van der Waals surface area contributed by atoms with Crippen molar-refractivity contribution in [3.63, 3.8) is 0 Å². The van der Waals surface area contributed by atoms with Crippen LogP contribution in [-0.4, -0.2) is 0 Å². The van der Waals surface area contributed by atoms with Gasteiger partial charge in [0.15, 0.2) is 0 Å². The molecule has 1 aromatic carbocycles. The van der Waals surface area contributed by atoms with Crippen LogP contribution in [0.25, 0.3) is 0 Å². The van der Waals surface area contributed by atoms with Gasteiger partial charge in [-0.25, -0.2) is 0 Å². The van der Waals surface area contributed by atoms with Crippen molar-refractivity contribution < 1.29 is 0 Å². The first-order chi connectivity index (χ1) is 6.36. The lowest BCUT2D eigenvalue weighted by Gasteiger charge is -2.15. The summed E-state index contributed by atoms with van der Waals surface area (Å²) in [4.78, 5) is 0. The van der Waals surface area contributed by atoms with Gasteiger partial charge in [-0.3, -0.25) is 0 Å². The van der Waals surface area contributed by atoms with Crippen molar-refractivity contribution in [2.75, 3.05) is 0 Å². The molecule has 0 heteroatoms. The summed E-state index contributed by atoms with van der Waals surface area (Å²) in [6, 6.07) is 9.05. The smallest absolute Gasteiger partial charge is 0.0102 e. The highest BCUT2D eigenvalue weighted by Crippen LogP contribution is 2.51. The van der Waals surface area contributed by atoms with Gasteiger partial charge in [0.1, 0.15) is 0 Å². The van der Waals surface area contributed by atoms with Crippen LogP contribution >= 0.6 is 0 Å². The van der Waals surface area contributed by atoms with Crippen molar-refractivity contribution >= 4 is 0 Å². The van der Waals surface area contributed by atoms with Gasteiger partial charge in [-0.15, -0.1) is 0 Å². The number of benzene rings is 1. The standard InChI is InChI=1S/C13H16/c1-9-6-7-11-8-10-4-2-3-5-12(10)13(9)11/h2-5,9,11,13H,6-8H2,1H3. The van der Waals surface area contributed by atoms with Crippen LogP contribution in [0.1, 0.15) is 36.8 Å². The van der Waals surface area contributed by atoms with E-state index in [0.717, 1.165) is 17.8 Å². The molecule has 2 aliphatic carbocycles. The van der Waals surface area contributed by atoms with Crippen LogP contribution in [0.2, 0.25) is 0 Å². The molecule has 0 spiro atoms. The topological polar surface area (TPSA) is 0 Å². The molecule has 0 N–H and O–H groups in total. The molecule has 1 saturated carbocycles. The molecule has 3 atom stereocenters. The zero-order valence-corrected chi connectivity index (χ0v) is 8.16. The lowest BCUT2D eigenvalue weighted by molar-refractivity contribution is 0.467. The van der Waals surface area contributed by atoms with Gasteiger partial charge in [0.2, 0.25) is 0 Å². The van der Waals surface area contributed by atoms with Crippen molar-refractivity contribution in [2.45, 2.75) is 32.1 Å². The molecule has 68 valence electrons. The minimum absolute atomic E-state index is 0.899. The van der Waals surface area contributed by atoms with E-state index >= 15 is 0 Å². The molecule has 2 aliphatic rings. The fourth-order valence-corrected chi connectivity index (χ4v) is 3.42. The Morgan fingerprint density at radius 3 is 2.92 bits per heavy atom. The predicted molar refractivity (Wildman–Crippen MR) is 54.8 cm³/mol. The van der Waals surface area contributed by atoms with E-state index in [1.165, 1.54) is 19.3 Å². The Hall–Kier alpha value is -0.780. The van der Waals surface area contributed by atoms with Gasteiger partial charge < -0.3 is 0 Å². The first-order valence-corrected chi connectivity index (χ1v) is 5.44. The first kappa shape index (κ1) is 7.61. The van der Waals surface area contributed by atoms with Gasteiger partial charge in [-0.05, 0) is 48.1 Å². The van der Waals surface area contributed by atoms with E-state index in [0.29, 0.717) is 0 Å².